The van der Waals surface area contributed by atoms with Crippen molar-refractivity contribution in [3.05, 3.63) is 132 Å². The van der Waals surface area contributed by atoms with Crippen LogP contribution in [0.2, 0.25) is 0 Å². The molecule has 1 amide bonds. The fraction of sp³-hybridized carbons (Fsp3) is 0.541. The maximum absolute atomic E-state index is 15.6. The molecule has 2 fully saturated rings. The van der Waals surface area contributed by atoms with Gasteiger partial charge in [-0.25, -0.2) is 0 Å². The van der Waals surface area contributed by atoms with E-state index in [2.05, 4.69) is 84.0 Å². The minimum atomic E-state index is -1.35. The molecule has 71 heavy (non-hydrogen) atoms. The van der Waals surface area contributed by atoms with Crippen molar-refractivity contribution in [2.24, 2.45) is 22.9 Å². The maximum atomic E-state index is 15.6. The predicted molar refractivity (Wildman–Crippen MR) is 284 cm³/mol. The summed E-state index contributed by atoms with van der Waals surface area (Å²) in [5, 5.41) is 27.5. The van der Waals surface area contributed by atoms with E-state index in [1.54, 1.807) is 6.08 Å². The molecule has 0 aromatic heterocycles. The second-order valence-corrected chi connectivity index (χ2v) is 20.5. The van der Waals surface area contributed by atoms with Crippen LogP contribution in [-0.2, 0) is 27.5 Å². The number of amides is 1. The molecule has 382 valence electrons. The summed E-state index contributed by atoms with van der Waals surface area (Å²) >= 11 is 0. The molecule has 1 saturated heterocycles. The third kappa shape index (κ3) is 13.4. The van der Waals surface area contributed by atoms with E-state index >= 15 is 4.79 Å². The van der Waals surface area contributed by atoms with Gasteiger partial charge >= 0.3 is 0 Å². The fourth-order valence-electron chi connectivity index (χ4n) is 11.8. The van der Waals surface area contributed by atoms with Gasteiger partial charge in [-0.2, -0.15) is 0 Å². The summed E-state index contributed by atoms with van der Waals surface area (Å²) in [5.74, 6) is -0.0244. The second-order valence-electron chi connectivity index (χ2n) is 20.5. The Labute approximate surface area is 424 Å². The van der Waals surface area contributed by atoms with Crippen LogP contribution in [0.4, 0.5) is 0 Å². The summed E-state index contributed by atoms with van der Waals surface area (Å²) < 4.78 is 21.5. The molecule has 0 unspecified atom stereocenters. The number of ether oxygens (including phenoxy) is 3. The first-order valence-corrected chi connectivity index (χ1v) is 27.3. The minimum Gasteiger partial charge on any atom is -0.492 e. The van der Waals surface area contributed by atoms with Crippen LogP contribution in [0.25, 0.3) is 10.8 Å². The van der Waals surface area contributed by atoms with Crippen LogP contribution in [0.1, 0.15) is 139 Å². The Kier molecular flexibility index (Phi) is 19.6. The Bertz CT molecular complexity index is 2360. The zero-order valence-electron chi connectivity index (χ0n) is 42.6. The topological polar surface area (TPSA) is 113 Å². The number of fused-ring (bicyclic) bond motifs is 3. The monoisotopic (exact) mass is 968 g/mol. The molecule has 4 aromatic rings. The molecule has 0 radical (unpaired) electrons. The number of allylic oxidation sites excluding steroid dienone is 1. The van der Waals surface area contributed by atoms with Crippen molar-refractivity contribution >= 4 is 22.4 Å². The highest BCUT2D eigenvalue weighted by molar-refractivity contribution is 6.03. The molecule has 4 aromatic carbocycles. The van der Waals surface area contributed by atoms with Crippen molar-refractivity contribution in [3.63, 3.8) is 0 Å². The lowest BCUT2D eigenvalue weighted by molar-refractivity contribution is -0.258. The van der Waals surface area contributed by atoms with Crippen molar-refractivity contribution in [1.29, 1.82) is 0 Å². The minimum absolute atomic E-state index is 0.0720. The smallest absolute Gasteiger partial charge is 0.239 e. The zero-order valence-corrected chi connectivity index (χ0v) is 42.6. The van der Waals surface area contributed by atoms with Crippen LogP contribution in [0.5, 0.6) is 11.5 Å². The second kappa shape index (κ2) is 26.6. The Morgan fingerprint density at radius 3 is 2.35 bits per heavy atom. The van der Waals surface area contributed by atoms with Crippen LogP contribution in [0.15, 0.2) is 120 Å². The Morgan fingerprint density at radius 2 is 1.59 bits per heavy atom. The molecule has 2 N–H and O–H groups in total. The van der Waals surface area contributed by atoms with Crippen molar-refractivity contribution in [3.8, 4) is 11.5 Å². The lowest BCUT2D eigenvalue weighted by Crippen LogP contribution is -2.70. The highest BCUT2D eigenvalue weighted by Crippen LogP contribution is 2.62. The van der Waals surface area contributed by atoms with E-state index in [1.807, 2.05) is 36.4 Å². The number of unbranched alkanes of at least 4 members (excludes halogenated alkanes) is 10. The molecule has 4 aliphatic rings. The molecule has 2 aliphatic carbocycles. The molecule has 0 bridgehead atoms. The van der Waals surface area contributed by atoms with Crippen LogP contribution in [0.3, 0.4) is 0 Å². The van der Waals surface area contributed by atoms with Crippen molar-refractivity contribution in [1.82, 2.24) is 9.80 Å². The first-order valence-electron chi connectivity index (χ1n) is 27.3. The van der Waals surface area contributed by atoms with Crippen LogP contribution in [0, 0.1) is 17.8 Å². The van der Waals surface area contributed by atoms with E-state index in [4.69, 9.17) is 24.2 Å². The van der Waals surface area contributed by atoms with Gasteiger partial charge in [0, 0.05) is 63.7 Å². The van der Waals surface area contributed by atoms with Crippen LogP contribution in [-0.4, -0.2) is 89.5 Å². The highest BCUT2D eigenvalue weighted by Gasteiger charge is 2.65. The molecule has 2 aliphatic heterocycles. The van der Waals surface area contributed by atoms with Gasteiger partial charge in [-0.3, -0.25) is 9.69 Å². The van der Waals surface area contributed by atoms with Gasteiger partial charge < -0.3 is 34.2 Å². The first kappa shape index (κ1) is 52.3. The summed E-state index contributed by atoms with van der Waals surface area (Å²) in [4.78, 5) is 26.4. The predicted octanol–water partition coefficient (Wildman–Crippen LogP) is 12.3. The average Bonchev–Trinajstić information content (AvgIpc) is 4.23. The largest absolute Gasteiger partial charge is 0.492 e. The zero-order chi connectivity index (χ0) is 49.3. The van der Waals surface area contributed by atoms with Crippen molar-refractivity contribution < 1.29 is 34.1 Å². The number of carbonyl (C=O) groups excluding carboxylic acids is 1. The molecular weight excluding hydrogens is 887 g/mol. The molecule has 8 rings (SSSR count). The molecule has 6 atom stereocenters. The van der Waals surface area contributed by atoms with E-state index in [-0.39, 0.29) is 43.5 Å². The standard InChI is InChI=1S/C61H81N3O7/c1-3-5-6-7-8-9-10-11-15-31-58(67)64(44-49-28-22-27-47-25-16-17-29-51(47)49)57-43-55(62-70-45-46-23-13-12-14-24-46)53-41-48(26-18-20-37-65)52(30-19-21-38-66)59-54-42-50(68-40-36-63-34-35-63)32-33-56(54)71-61(57,60(53)59)69-39-4-2/h4,12-14,16-17,22-25,27-29,32-33,41-42,48,52,57,59-60,65-66H,2-3,5-11,15,18-21,26,30-31,34-40,43-45H2,1H3/t48-,52+,57-,59+,60+,61+/m0/s1. The number of aliphatic hydroxyl groups is 2. The number of rotatable bonds is 31. The van der Waals surface area contributed by atoms with Crippen LogP contribution >= 0.6 is 0 Å². The van der Waals surface area contributed by atoms with E-state index in [0.29, 0.717) is 45.4 Å². The number of carbonyl (C=O) groups is 1. The number of aliphatic hydroxyl groups excluding tert-OH is 2. The van der Waals surface area contributed by atoms with Gasteiger partial charge in [0.2, 0.25) is 11.7 Å². The SMILES string of the molecule is C=CCO[C@@]12Oc3ccc(OCCN4CC4)cc3[C@H]3[C@H](CCCCO)[C@@H](CCCCO)C=C(C(=NOCc4ccccc4)C[C@@H]1N(Cc1cccc4ccccc14)C(=O)CCCCCCCCCCC)[C@H]32. The molecule has 1 saturated carbocycles. The van der Waals surface area contributed by atoms with E-state index in [0.717, 1.165) is 115 Å². The summed E-state index contributed by atoms with van der Waals surface area (Å²) in [6, 6.07) is 30.6. The Hall–Kier alpha value is -5.00. The molecule has 2 heterocycles. The van der Waals surface area contributed by atoms with Gasteiger partial charge in [0.15, 0.2) is 0 Å². The summed E-state index contributed by atoms with van der Waals surface area (Å²) in [6.45, 7) is 11.3. The summed E-state index contributed by atoms with van der Waals surface area (Å²) in [5.41, 5.74) is 4.98. The van der Waals surface area contributed by atoms with Crippen molar-refractivity contribution in [2.45, 2.75) is 147 Å². The van der Waals surface area contributed by atoms with Gasteiger partial charge in [0.25, 0.3) is 0 Å². The van der Waals surface area contributed by atoms with Gasteiger partial charge in [-0.05, 0) is 89.6 Å². The number of oxime groups is 1. The molecule has 0 spiro atoms. The Morgan fingerprint density at radius 1 is 0.859 bits per heavy atom. The van der Waals surface area contributed by atoms with Crippen LogP contribution < -0.4 is 9.47 Å². The Balaban J connectivity index is 1.26. The quantitative estimate of drug-likeness (QED) is 0.0222. The average molecular weight is 968 g/mol. The number of hydrogen-bond donors (Lipinski definition) is 2. The normalized spacial score (nSPS) is 22.8. The van der Waals surface area contributed by atoms with E-state index in [1.165, 1.54) is 38.5 Å². The lowest BCUT2D eigenvalue weighted by Gasteiger charge is -2.60. The lowest BCUT2D eigenvalue weighted by atomic mass is 9.55. The van der Waals surface area contributed by atoms with Gasteiger partial charge in [-0.1, -0.05) is 161 Å². The van der Waals surface area contributed by atoms with Gasteiger partial charge in [0.1, 0.15) is 30.8 Å². The number of benzene rings is 4. The van der Waals surface area contributed by atoms with Gasteiger partial charge in [-0.15, -0.1) is 6.58 Å². The number of hydrogen-bond acceptors (Lipinski definition) is 9. The fourth-order valence-corrected chi connectivity index (χ4v) is 11.8. The first-order chi connectivity index (χ1) is 35.0. The third-order valence-corrected chi connectivity index (χ3v) is 15.5. The van der Waals surface area contributed by atoms with E-state index in [9.17, 15) is 10.2 Å². The molecule has 10 heteroatoms. The summed E-state index contributed by atoms with van der Waals surface area (Å²) in [6.07, 6.45) is 20.3. The highest BCUT2D eigenvalue weighted by atomic mass is 16.7. The summed E-state index contributed by atoms with van der Waals surface area (Å²) in [7, 11) is 0. The molecule has 10 nitrogen and oxygen atoms in total. The van der Waals surface area contributed by atoms with Crippen molar-refractivity contribution in [2.75, 3.05) is 46.1 Å². The van der Waals surface area contributed by atoms with Gasteiger partial charge in [0.05, 0.1) is 18.2 Å². The molecular formula is C61H81N3O7. The number of nitrogens with zero attached hydrogens (tertiary/aromatic N) is 3. The third-order valence-electron chi connectivity index (χ3n) is 15.5. The van der Waals surface area contributed by atoms with E-state index < -0.39 is 17.7 Å². The maximum Gasteiger partial charge on any atom is 0.239 e.